The van der Waals surface area contributed by atoms with Crippen molar-refractivity contribution < 1.29 is 5.11 Å². The molecule has 0 bridgehead atoms. The van der Waals surface area contributed by atoms with E-state index in [0.29, 0.717) is 0 Å². The number of nitrogens with zero attached hydrogens (tertiary/aromatic N) is 3. The van der Waals surface area contributed by atoms with Crippen LogP contribution in [0.5, 0.6) is 0 Å². The van der Waals surface area contributed by atoms with E-state index >= 15 is 0 Å². The average molecular weight is 212 g/mol. The molecule has 1 rings (SSSR count). The fourth-order valence-corrected chi connectivity index (χ4v) is 1.40. The number of hydrogen-bond acceptors (Lipinski definition) is 4. The lowest BCUT2D eigenvalue weighted by Gasteiger charge is -1.97. The Kier molecular flexibility index (Phi) is 5.96. The molecule has 0 amide bonds. The highest BCUT2D eigenvalue weighted by Gasteiger charge is 1.99. The van der Waals surface area contributed by atoms with Crippen molar-refractivity contribution >= 4 is 0 Å². The summed E-state index contributed by atoms with van der Waals surface area (Å²) in [6.45, 7) is 1.83. The maximum absolute atomic E-state index is 8.64. The van der Waals surface area contributed by atoms with Gasteiger partial charge in [-0.3, -0.25) is 4.68 Å². The Morgan fingerprint density at radius 3 is 2.87 bits per heavy atom. The first-order valence-corrected chi connectivity index (χ1v) is 5.56. The zero-order chi connectivity index (χ0) is 10.9. The first kappa shape index (κ1) is 12.1. The Bertz CT molecular complexity index is 237. The summed E-state index contributed by atoms with van der Waals surface area (Å²) in [7, 11) is 0. The molecule has 3 N–H and O–H groups in total. The van der Waals surface area contributed by atoms with Gasteiger partial charge >= 0.3 is 0 Å². The van der Waals surface area contributed by atoms with Gasteiger partial charge in [0, 0.05) is 19.3 Å². The van der Waals surface area contributed by atoms with E-state index < -0.39 is 0 Å². The summed E-state index contributed by atoms with van der Waals surface area (Å²) in [5, 5.41) is 16.7. The second-order valence-corrected chi connectivity index (χ2v) is 3.65. The molecule has 1 heterocycles. The number of nitrogens with two attached hydrogens (primary N) is 1. The fourth-order valence-electron chi connectivity index (χ4n) is 1.40. The van der Waals surface area contributed by atoms with Crippen LogP contribution in [0.25, 0.3) is 0 Å². The Morgan fingerprint density at radius 1 is 1.27 bits per heavy atom. The van der Waals surface area contributed by atoms with Gasteiger partial charge in [0.25, 0.3) is 0 Å². The van der Waals surface area contributed by atoms with Crippen LogP contribution >= 0.6 is 0 Å². The molecule has 0 aliphatic carbocycles. The van der Waals surface area contributed by atoms with Crippen molar-refractivity contribution in [2.75, 3.05) is 13.2 Å². The Hall–Kier alpha value is -0.940. The Morgan fingerprint density at radius 2 is 2.13 bits per heavy atom. The molecular weight excluding hydrogens is 192 g/mol. The highest BCUT2D eigenvalue weighted by Crippen LogP contribution is 2.01. The summed E-state index contributed by atoms with van der Waals surface area (Å²) in [6.07, 6.45) is 6.82. The molecule has 5 heteroatoms. The largest absolute Gasteiger partial charge is 0.396 e. The summed E-state index contributed by atoms with van der Waals surface area (Å²) in [4.78, 5) is 0. The normalized spacial score (nSPS) is 10.8. The zero-order valence-electron chi connectivity index (χ0n) is 9.10. The van der Waals surface area contributed by atoms with Crippen molar-refractivity contribution in [3.05, 3.63) is 11.9 Å². The molecule has 0 aliphatic heterocycles. The van der Waals surface area contributed by atoms with E-state index in [0.717, 1.165) is 50.9 Å². The lowest BCUT2D eigenvalue weighted by molar-refractivity contribution is 0.280. The first-order valence-electron chi connectivity index (χ1n) is 5.56. The van der Waals surface area contributed by atoms with Crippen molar-refractivity contribution in [2.45, 2.75) is 38.6 Å². The predicted molar refractivity (Wildman–Crippen MR) is 58.3 cm³/mol. The topological polar surface area (TPSA) is 77.0 Å². The van der Waals surface area contributed by atoms with Gasteiger partial charge in [-0.1, -0.05) is 5.21 Å². The van der Waals surface area contributed by atoms with Crippen LogP contribution in [0.4, 0.5) is 0 Å². The number of aliphatic hydroxyl groups is 1. The lowest BCUT2D eigenvalue weighted by atomic mass is 10.2. The first-order chi connectivity index (χ1) is 7.36. The van der Waals surface area contributed by atoms with Crippen LogP contribution < -0.4 is 5.73 Å². The third kappa shape index (κ3) is 4.90. The molecular formula is C10H20N4O. The minimum Gasteiger partial charge on any atom is -0.396 e. The van der Waals surface area contributed by atoms with Crippen LogP contribution in [0.1, 0.15) is 31.4 Å². The minimum absolute atomic E-state index is 0.248. The van der Waals surface area contributed by atoms with E-state index in [1.165, 1.54) is 0 Å². The standard InChI is InChI=1S/C10H20N4O/c11-6-2-1-5-10-9-14(13-12-10)7-3-4-8-15/h9,15H,1-8,11H2. The molecule has 0 radical (unpaired) electrons. The van der Waals surface area contributed by atoms with Crippen LogP contribution in [0.15, 0.2) is 6.20 Å². The number of unbranched alkanes of at least 4 members (excludes halogenated alkanes) is 2. The van der Waals surface area contributed by atoms with Gasteiger partial charge in [-0.15, -0.1) is 5.10 Å². The van der Waals surface area contributed by atoms with Crippen LogP contribution in [0.2, 0.25) is 0 Å². The molecule has 0 aromatic carbocycles. The average Bonchev–Trinajstić information content (AvgIpc) is 2.67. The number of aliphatic hydroxyl groups excluding tert-OH is 1. The van der Waals surface area contributed by atoms with Crippen LogP contribution in [0, 0.1) is 0 Å². The van der Waals surface area contributed by atoms with Crippen molar-refractivity contribution in [2.24, 2.45) is 5.73 Å². The second-order valence-electron chi connectivity index (χ2n) is 3.65. The molecule has 5 nitrogen and oxygen atoms in total. The third-order valence-corrected chi connectivity index (χ3v) is 2.27. The van der Waals surface area contributed by atoms with Gasteiger partial charge in [0.1, 0.15) is 0 Å². The molecule has 0 saturated heterocycles. The zero-order valence-corrected chi connectivity index (χ0v) is 9.10. The maximum atomic E-state index is 8.64. The highest BCUT2D eigenvalue weighted by atomic mass is 16.2. The molecule has 0 atom stereocenters. The predicted octanol–water partition coefficient (Wildman–Crippen LogP) is 0.332. The maximum Gasteiger partial charge on any atom is 0.0827 e. The third-order valence-electron chi connectivity index (χ3n) is 2.27. The SMILES string of the molecule is NCCCCc1cn(CCCCO)nn1. The van der Waals surface area contributed by atoms with E-state index in [9.17, 15) is 0 Å². The van der Waals surface area contributed by atoms with Crippen molar-refractivity contribution in [1.82, 2.24) is 15.0 Å². The molecule has 0 saturated carbocycles. The Labute approximate surface area is 90.3 Å². The molecule has 1 aromatic rings. The van der Waals surface area contributed by atoms with Gasteiger partial charge in [0.2, 0.25) is 0 Å². The van der Waals surface area contributed by atoms with Crippen molar-refractivity contribution in [3.63, 3.8) is 0 Å². The molecule has 0 fully saturated rings. The van der Waals surface area contributed by atoms with Crippen LogP contribution in [-0.4, -0.2) is 33.3 Å². The molecule has 0 aliphatic rings. The van der Waals surface area contributed by atoms with E-state index in [1.54, 1.807) is 0 Å². The van der Waals surface area contributed by atoms with Gasteiger partial charge < -0.3 is 10.8 Å². The van der Waals surface area contributed by atoms with Crippen molar-refractivity contribution in [1.29, 1.82) is 0 Å². The van der Waals surface area contributed by atoms with Gasteiger partial charge in [-0.05, 0) is 38.6 Å². The van der Waals surface area contributed by atoms with Gasteiger partial charge in [0.05, 0.1) is 5.69 Å². The van der Waals surface area contributed by atoms with Crippen LogP contribution in [-0.2, 0) is 13.0 Å². The smallest absolute Gasteiger partial charge is 0.0827 e. The number of rotatable bonds is 8. The van der Waals surface area contributed by atoms with Gasteiger partial charge in [-0.25, -0.2) is 0 Å². The van der Waals surface area contributed by atoms with Crippen LogP contribution in [0.3, 0.4) is 0 Å². The Balaban J connectivity index is 2.23. The summed E-state index contributed by atoms with van der Waals surface area (Å²) in [5.74, 6) is 0. The van der Waals surface area contributed by atoms with E-state index in [4.69, 9.17) is 10.8 Å². The summed E-state index contributed by atoms with van der Waals surface area (Å²) >= 11 is 0. The monoisotopic (exact) mass is 212 g/mol. The van der Waals surface area contributed by atoms with E-state index in [2.05, 4.69) is 10.3 Å². The molecule has 86 valence electrons. The highest BCUT2D eigenvalue weighted by molar-refractivity contribution is 4.92. The number of aryl methyl sites for hydroxylation is 2. The number of hydrogen-bond donors (Lipinski definition) is 2. The second kappa shape index (κ2) is 7.36. The van der Waals surface area contributed by atoms with Gasteiger partial charge in [0.15, 0.2) is 0 Å². The lowest BCUT2D eigenvalue weighted by Crippen LogP contribution is -1.99. The summed E-state index contributed by atoms with van der Waals surface area (Å²) < 4.78 is 1.84. The molecule has 0 spiro atoms. The van der Waals surface area contributed by atoms with E-state index in [-0.39, 0.29) is 6.61 Å². The quantitative estimate of drug-likeness (QED) is 0.609. The van der Waals surface area contributed by atoms with E-state index in [1.807, 2.05) is 10.9 Å². The number of aromatic nitrogens is 3. The summed E-state index contributed by atoms with van der Waals surface area (Å²) in [6, 6.07) is 0. The molecule has 0 unspecified atom stereocenters. The fraction of sp³-hybridized carbons (Fsp3) is 0.800. The minimum atomic E-state index is 0.248. The molecule has 15 heavy (non-hydrogen) atoms. The van der Waals surface area contributed by atoms with Gasteiger partial charge in [-0.2, -0.15) is 0 Å². The summed E-state index contributed by atoms with van der Waals surface area (Å²) in [5.41, 5.74) is 6.45. The molecule has 1 aromatic heterocycles. The van der Waals surface area contributed by atoms with Crippen molar-refractivity contribution in [3.8, 4) is 0 Å².